The average Bonchev–Trinajstić information content (AvgIpc) is 2.73. The van der Waals surface area contributed by atoms with Crippen LogP contribution in [0.25, 0.3) is 0 Å². The first-order chi connectivity index (χ1) is 15.0. The van der Waals surface area contributed by atoms with E-state index < -0.39 is 27.5 Å². The second kappa shape index (κ2) is 11.1. The van der Waals surface area contributed by atoms with Gasteiger partial charge in [-0.1, -0.05) is 12.1 Å². The van der Waals surface area contributed by atoms with E-state index in [-0.39, 0.29) is 38.4 Å². The molecule has 0 spiro atoms. The number of sulfonamides is 1. The molecule has 0 aliphatic rings. The molecule has 32 heavy (non-hydrogen) atoms. The Labute approximate surface area is 185 Å². The van der Waals surface area contributed by atoms with Crippen molar-refractivity contribution < 1.29 is 35.9 Å². The number of para-hydroxylation sites is 1. The number of alkyl halides is 3. The Morgan fingerprint density at radius 2 is 1.69 bits per heavy atom. The molecular weight excluding hydrogens is 449 g/mol. The van der Waals surface area contributed by atoms with Crippen LogP contribution in [-0.4, -0.2) is 47.4 Å². The van der Waals surface area contributed by atoms with Crippen molar-refractivity contribution in [1.29, 1.82) is 0 Å². The van der Waals surface area contributed by atoms with Crippen molar-refractivity contribution in [2.75, 3.05) is 37.4 Å². The summed E-state index contributed by atoms with van der Waals surface area (Å²) in [5, 5.41) is 2.63. The van der Waals surface area contributed by atoms with E-state index in [4.69, 9.17) is 9.47 Å². The maximum Gasteiger partial charge on any atom is 0.418 e. The lowest BCUT2D eigenvalue weighted by atomic mass is 10.1. The number of amides is 1. The van der Waals surface area contributed by atoms with Crippen molar-refractivity contribution in [3.8, 4) is 11.5 Å². The normalized spacial score (nSPS) is 11.7. The molecule has 0 heterocycles. The molecule has 0 radical (unpaired) electrons. The number of rotatable bonds is 11. The van der Waals surface area contributed by atoms with Crippen LogP contribution in [0.2, 0.25) is 0 Å². The molecule has 0 fully saturated rings. The van der Waals surface area contributed by atoms with Gasteiger partial charge in [-0.05, 0) is 42.8 Å². The maximum atomic E-state index is 13.3. The fourth-order valence-electron chi connectivity index (χ4n) is 2.90. The first-order valence-corrected chi connectivity index (χ1v) is 11.5. The minimum atomic E-state index is -4.71. The van der Waals surface area contributed by atoms with E-state index in [0.29, 0.717) is 15.8 Å². The van der Waals surface area contributed by atoms with E-state index >= 15 is 0 Å². The Hall–Kier alpha value is -2.95. The number of halogens is 3. The third kappa shape index (κ3) is 7.63. The third-order valence-corrected chi connectivity index (χ3v) is 5.58. The quantitative estimate of drug-likeness (QED) is 0.505. The number of hydrogen-bond acceptors (Lipinski definition) is 5. The van der Waals surface area contributed by atoms with Gasteiger partial charge in [0.25, 0.3) is 0 Å². The number of hydrogen-bond donors (Lipinski definition) is 1. The summed E-state index contributed by atoms with van der Waals surface area (Å²) in [6.45, 7) is 0.172. The fourth-order valence-corrected chi connectivity index (χ4v) is 3.88. The first kappa shape index (κ1) is 25.3. The Morgan fingerprint density at radius 3 is 2.28 bits per heavy atom. The van der Waals surface area contributed by atoms with E-state index in [0.717, 1.165) is 18.4 Å². The lowest BCUT2D eigenvalue weighted by molar-refractivity contribution is -0.137. The highest BCUT2D eigenvalue weighted by molar-refractivity contribution is 7.92. The largest absolute Gasteiger partial charge is 0.497 e. The molecule has 0 bridgehead atoms. The highest BCUT2D eigenvalue weighted by Gasteiger charge is 2.36. The van der Waals surface area contributed by atoms with Crippen molar-refractivity contribution in [3.63, 3.8) is 0 Å². The van der Waals surface area contributed by atoms with Gasteiger partial charge in [-0.15, -0.1) is 0 Å². The molecule has 176 valence electrons. The molecular formula is C21H25F3N2O5S. The summed E-state index contributed by atoms with van der Waals surface area (Å²) < 4.78 is 75.2. The van der Waals surface area contributed by atoms with E-state index in [1.54, 1.807) is 31.4 Å². The van der Waals surface area contributed by atoms with Crippen molar-refractivity contribution >= 4 is 21.6 Å². The van der Waals surface area contributed by atoms with Gasteiger partial charge in [0.2, 0.25) is 15.9 Å². The molecule has 0 aromatic heterocycles. The van der Waals surface area contributed by atoms with E-state index in [9.17, 15) is 26.4 Å². The van der Waals surface area contributed by atoms with Gasteiger partial charge in [0.05, 0.1) is 31.2 Å². The van der Waals surface area contributed by atoms with Crippen LogP contribution in [0.15, 0.2) is 48.5 Å². The molecule has 2 rings (SSSR count). The van der Waals surface area contributed by atoms with Crippen LogP contribution in [0.5, 0.6) is 11.5 Å². The van der Waals surface area contributed by atoms with E-state index in [2.05, 4.69) is 5.32 Å². The Balaban J connectivity index is 1.85. The molecule has 2 aromatic rings. The molecule has 0 aliphatic carbocycles. The smallest absolute Gasteiger partial charge is 0.418 e. The second-order valence-corrected chi connectivity index (χ2v) is 8.73. The molecule has 0 atom stereocenters. The van der Waals surface area contributed by atoms with Gasteiger partial charge in [-0.3, -0.25) is 9.10 Å². The summed E-state index contributed by atoms with van der Waals surface area (Å²) in [7, 11) is -2.43. The molecule has 2 aromatic carbocycles. The van der Waals surface area contributed by atoms with Crippen LogP contribution in [0.3, 0.4) is 0 Å². The number of nitrogens with zero attached hydrogens (tertiary/aromatic N) is 1. The fraction of sp³-hybridized carbons (Fsp3) is 0.381. The van der Waals surface area contributed by atoms with Gasteiger partial charge >= 0.3 is 6.18 Å². The number of carbonyl (C=O) groups excluding carboxylic acids is 1. The molecule has 11 heteroatoms. The van der Waals surface area contributed by atoms with E-state index in [1.807, 2.05) is 0 Å². The number of anilines is 1. The standard InChI is InChI=1S/C21H25F3N2O5S/c1-30-16-9-11-17(12-10-16)31-15-13-25-20(27)8-5-14-26(32(2,28)29)19-7-4-3-6-18(19)21(22,23)24/h3-4,6-7,9-12H,5,8,13-15H2,1-2H3,(H,25,27). The lowest BCUT2D eigenvalue weighted by Gasteiger charge is -2.25. The number of benzene rings is 2. The van der Waals surface area contributed by atoms with Crippen molar-refractivity contribution in [2.45, 2.75) is 19.0 Å². The lowest BCUT2D eigenvalue weighted by Crippen LogP contribution is -2.34. The van der Waals surface area contributed by atoms with Crippen molar-refractivity contribution in [1.82, 2.24) is 5.32 Å². The minimum Gasteiger partial charge on any atom is -0.497 e. The molecule has 7 nitrogen and oxygen atoms in total. The molecule has 1 N–H and O–H groups in total. The van der Waals surface area contributed by atoms with Gasteiger partial charge in [0.1, 0.15) is 18.1 Å². The third-order valence-electron chi connectivity index (χ3n) is 4.40. The Morgan fingerprint density at radius 1 is 1.06 bits per heavy atom. The summed E-state index contributed by atoms with van der Waals surface area (Å²) in [4.78, 5) is 12.0. The van der Waals surface area contributed by atoms with Gasteiger partial charge in [0, 0.05) is 13.0 Å². The Kier molecular flexibility index (Phi) is 8.76. The zero-order valence-corrected chi connectivity index (χ0v) is 18.5. The summed E-state index contributed by atoms with van der Waals surface area (Å²) in [5.41, 5.74) is -1.51. The first-order valence-electron chi connectivity index (χ1n) is 9.70. The topological polar surface area (TPSA) is 84.9 Å². The van der Waals surface area contributed by atoms with Crippen molar-refractivity contribution in [2.24, 2.45) is 0 Å². The van der Waals surface area contributed by atoms with Crippen LogP contribution in [-0.2, 0) is 21.0 Å². The summed E-state index contributed by atoms with van der Waals surface area (Å²) >= 11 is 0. The monoisotopic (exact) mass is 474 g/mol. The zero-order chi connectivity index (χ0) is 23.8. The summed E-state index contributed by atoms with van der Waals surface area (Å²) in [6, 6.07) is 11.4. The van der Waals surface area contributed by atoms with Gasteiger partial charge in [-0.25, -0.2) is 8.42 Å². The van der Waals surface area contributed by atoms with Crippen LogP contribution >= 0.6 is 0 Å². The van der Waals surface area contributed by atoms with Crippen LogP contribution in [0.4, 0.5) is 18.9 Å². The van der Waals surface area contributed by atoms with Gasteiger partial charge < -0.3 is 14.8 Å². The number of methoxy groups -OCH3 is 1. The van der Waals surface area contributed by atoms with Crippen LogP contribution < -0.4 is 19.1 Å². The average molecular weight is 475 g/mol. The predicted octanol–water partition coefficient (Wildman–Crippen LogP) is 3.46. The molecule has 0 saturated carbocycles. The second-order valence-electron chi connectivity index (χ2n) is 6.83. The SMILES string of the molecule is COc1ccc(OCCNC(=O)CCCN(c2ccccc2C(F)(F)F)S(C)(=O)=O)cc1. The van der Waals surface area contributed by atoms with E-state index in [1.165, 1.54) is 12.1 Å². The summed E-state index contributed by atoms with van der Waals surface area (Å²) in [5.74, 6) is 0.930. The number of nitrogens with one attached hydrogen (secondary N) is 1. The maximum absolute atomic E-state index is 13.3. The molecule has 1 amide bonds. The zero-order valence-electron chi connectivity index (χ0n) is 17.7. The highest BCUT2D eigenvalue weighted by atomic mass is 32.2. The number of ether oxygens (including phenoxy) is 2. The van der Waals surface area contributed by atoms with Crippen LogP contribution in [0, 0.1) is 0 Å². The molecule has 0 aliphatic heterocycles. The minimum absolute atomic E-state index is 0.0461. The summed E-state index contributed by atoms with van der Waals surface area (Å²) in [6.07, 6.45) is -3.88. The van der Waals surface area contributed by atoms with Gasteiger partial charge in [-0.2, -0.15) is 13.2 Å². The van der Waals surface area contributed by atoms with Crippen LogP contribution in [0.1, 0.15) is 18.4 Å². The highest BCUT2D eigenvalue weighted by Crippen LogP contribution is 2.37. The predicted molar refractivity (Wildman–Crippen MR) is 114 cm³/mol. The Bertz CT molecular complexity index is 995. The molecule has 0 unspecified atom stereocenters. The van der Waals surface area contributed by atoms with Gasteiger partial charge in [0.15, 0.2) is 0 Å². The molecule has 0 saturated heterocycles. The van der Waals surface area contributed by atoms with Crippen molar-refractivity contribution in [3.05, 3.63) is 54.1 Å². The number of carbonyl (C=O) groups is 1.